The first-order chi connectivity index (χ1) is 37.0. The quantitative estimate of drug-likeness (QED) is 0.0211. The lowest BCUT2D eigenvalue weighted by molar-refractivity contribution is -0.870. The molecular weight excluding hydrogens is 966 g/mol. The summed E-state index contributed by atoms with van der Waals surface area (Å²) in [6.45, 7) is 4.17. The van der Waals surface area contributed by atoms with E-state index in [0.29, 0.717) is 17.4 Å². The van der Waals surface area contributed by atoms with E-state index in [0.717, 1.165) is 141 Å². The van der Waals surface area contributed by atoms with Gasteiger partial charge < -0.3 is 18.9 Å². The number of unbranched alkanes of at least 4 members (excludes halogenated alkanes) is 17. The van der Waals surface area contributed by atoms with Crippen LogP contribution in [0.15, 0.2) is 134 Å². The first kappa shape index (κ1) is 72.2. The van der Waals surface area contributed by atoms with E-state index in [9.17, 15) is 19.0 Å². The summed E-state index contributed by atoms with van der Waals surface area (Å²) in [4.78, 5) is 35.7. The van der Waals surface area contributed by atoms with Gasteiger partial charge in [0, 0.05) is 12.8 Å². The Morgan fingerprint density at radius 2 is 0.711 bits per heavy atom. The van der Waals surface area contributed by atoms with Crippen molar-refractivity contribution in [3.05, 3.63) is 134 Å². The molecule has 2 unspecified atom stereocenters. The van der Waals surface area contributed by atoms with Gasteiger partial charge in [0.25, 0.3) is 0 Å². The van der Waals surface area contributed by atoms with Crippen molar-refractivity contribution in [3.63, 3.8) is 0 Å². The Morgan fingerprint density at radius 3 is 1.05 bits per heavy atom. The van der Waals surface area contributed by atoms with Crippen LogP contribution >= 0.6 is 7.82 Å². The third kappa shape index (κ3) is 59.4. The zero-order valence-corrected chi connectivity index (χ0v) is 49.8. The van der Waals surface area contributed by atoms with Crippen molar-refractivity contribution >= 4 is 19.8 Å². The summed E-state index contributed by atoms with van der Waals surface area (Å²) in [7, 11) is 1.45. The Labute approximate surface area is 466 Å². The molecule has 76 heavy (non-hydrogen) atoms. The lowest BCUT2D eigenvalue weighted by atomic mass is 10.0. The van der Waals surface area contributed by atoms with Gasteiger partial charge in [0.1, 0.15) is 19.8 Å². The summed E-state index contributed by atoms with van der Waals surface area (Å²) in [6.07, 6.45) is 80.8. The Balaban J connectivity index is 4.23. The molecular formula is C66H111NO8P+. The maximum atomic E-state index is 12.8. The van der Waals surface area contributed by atoms with Crippen LogP contribution in [0.5, 0.6) is 0 Å². The fourth-order valence-electron chi connectivity index (χ4n) is 7.63. The summed E-state index contributed by atoms with van der Waals surface area (Å²) >= 11 is 0. The molecule has 9 nitrogen and oxygen atoms in total. The van der Waals surface area contributed by atoms with E-state index in [1.807, 2.05) is 21.1 Å². The van der Waals surface area contributed by atoms with Crippen molar-refractivity contribution in [3.8, 4) is 0 Å². The zero-order chi connectivity index (χ0) is 55.6. The molecule has 10 heteroatoms. The van der Waals surface area contributed by atoms with Crippen LogP contribution in [0.2, 0.25) is 0 Å². The second kappa shape index (κ2) is 55.9. The molecule has 0 aromatic heterocycles. The second-order valence-corrected chi connectivity index (χ2v) is 22.1. The van der Waals surface area contributed by atoms with Crippen LogP contribution in [-0.4, -0.2) is 74.9 Å². The SMILES string of the molecule is CC/C=C\C/C=C\C/C=C\C/C=C\C/C=C\C/C=C\CCCCCCCCC(=O)OC(COC(=O)CCCCCCCCCCCCC/C=C\C/C=C\C/C=C\C/C=C\C/C=C\CC)COP(=O)(O)OCC[N+](C)(C)C. The van der Waals surface area contributed by atoms with Gasteiger partial charge in [0.05, 0.1) is 27.7 Å². The van der Waals surface area contributed by atoms with Gasteiger partial charge in [0.2, 0.25) is 0 Å². The Kier molecular flexibility index (Phi) is 53.1. The predicted molar refractivity (Wildman–Crippen MR) is 325 cm³/mol. The monoisotopic (exact) mass is 1080 g/mol. The minimum absolute atomic E-state index is 0.0205. The number of nitrogens with zero attached hydrogens (tertiary/aromatic N) is 1. The highest BCUT2D eigenvalue weighted by molar-refractivity contribution is 7.47. The first-order valence-corrected chi connectivity index (χ1v) is 31.4. The van der Waals surface area contributed by atoms with E-state index in [1.165, 1.54) is 44.9 Å². The average Bonchev–Trinajstić information content (AvgIpc) is 3.38. The van der Waals surface area contributed by atoms with Crippen LogP contribution in [0.3, 0.4) is 0 Å². The molecule has 0 aromatic rings. The Morgan fingerprint density at radius 1 is 0.408 bits per heavy atom. The molecule has 0 aliphatic heterocycles. The van der Waals surface area contributed by atoms with Crippen molar-refractivity contribution in [2.75, 3.05) is 47.5 Å². The van der Waals surface area contributed by atoms with Gasteiger partial charge in [-0.3, -0.25) is 18.6 Å². The van der Waals surface area contributed by atoms with Gasteiger partial charge in [-0.15, -0.1) is 0 Å². The predicted octanol–water partition coefficient (Wildman–Crippen LogP) is 18.9. The lowest BCUT2D eigenvalue weighted by Crippen LogP contribution is -2.37. The molecule has 0 bridgehead atoms. The van der Waals surface area contributed by atoms with Gasteiger partial charge >= 0.3 is 19.8 Å². The third-order valence-corrected chi connectivity index (χ3v) is 13.2. The highest BCUT2D eigenvalue weighted by Crippen LogP contribution is 2.43. The molecule has 1 N–H and O–H groups in total. The second-order valence-electron chi connectivity index (χ2n) is 20.6. The lowest BCUT2D eigenvalue weighted by Gasteiger charge is -2.24. The summed E-state index contributed by atoms with van der Waals surface area (Å²) in [5, 5.41) is 0. The van der Waals surface area contributed by atoms with Gasteiger partial charge in [-0.25, -0.2) is 4.57 Å². The number of allylic oxidation sites excluding steroid dienone is 22. The van der Waals surface area contributed by atoms with Crippen molar-refractivity contribution in [2.45, 2.75) is 225 Å². The molecule has 0 aliphatic rings. The highest BCUT2D eigenvalue weighted by atomic mass is 31.2. The molecule has 0 heterocycles. The number of phosphoric ester groups is 1. The Hall–Kier alpha value is -3.85. The van der Waals surface area contributed by atoms with Crippen LogP contribution in [0.25, 0.3) is 0 Å². The number of likely N-dealkylation sites (N-methyl/N-ethyl adjacent to an activating group) is 1. The highest BCUT2D eigenvalue weighted by Gasteiger charge is 2.27. The number of esters is 2. The maximum absolute atomic E-state index is 12.8. The zero-order valence-electron chi connectivity index (χ0n) is 48.9. The minimum Gasteiger partial charge on any atom is -0.462 e. The number of ether oxygens (including phenoxy) is 2. The van der Waals surface area contributed by atoms with E-state index >= 15 is 0 Å². The number of carbonyl (C=O) groups is 2. The van der Waals surface area contributed by atoms with Crippen molar-refractivity contribution in [1.29, 1.82) is 0 Å². The molecule has 0 fully saturated rings. The van der Waals surface area contributed by atoms with Crippen molar-refractivity contribution in [1.82, 2.24) is 0 Å². The molecule has 0 aliphatic carbocycles. The van der Waals surface area contributed by atoms with E-state index in [1.54, 1.807) is 0 Å². The van der Waals surface area contributed by atoms with Crippen molar-refractivity contribution in [2.24, 2.45) is 0 Å². The van der Waals surface area contributed by atoms with E-state index in [2.05, 4.69) is 148 Å². The summed E-state index contributed by atoms with van der Waals surface area (Å²) < 4.78 is 34.6. The number of quaternary nitrogens is 1. The van der Waals surface area contributed by atoms with Gasteiger partial charge in [-0.1, -0.05) is 231 Å². The smallest absolute Gasteiger partial charge is 0.462 e. The summed E-state index contributed by atoms with van der Waals surface area (Å²) in [5.74, 6) is -0.826. The van der Waals surface area contributed by atoms with Gasteiger partial charge in [0.15, 0.2) is 6.10 Å². The maximum Gasteiger partial charge on any atom is 0.472 e. The van der Waals surface area contributed by atoms with Crippen LogP contribution in [0.4, 0.5) is 0 Å². The molecule has 2 atom stereocenters. The summed E-state index contributed by atoms with van der Waals surface area (Å²) in [5.41, 5.74) is 0. The average molecular weight is 1080 g/mol. The molecule has 0 aromatic carbocycles. The standard InChI is InChI=1S/C66H110NO8P/c1-6-8-10-12-14-16-18-20-22-24-26-28-30-32-33-35-36-38-40-42-44-46-48-50-52-54-56-58-65(68)72-62-64(63-74-76(70,71)73-61-60-67(3,4)5)75-66(69)59-57-55-53-51-49-47-45-43-41-39-37-34-31-29-27-25-23-21-19-17-15-13-11-9-7-2/h8-11,14-17,20-23,26-29,32-34,37,41,43,64H,6-7,12-13,18-19,24-25,30-31,35-36,38-40,42,44-63H2,1-5H3/p+1/b10-8-,11-9-,16-14-,17-15-,22-20-,23-21-,28-26-,29-27-,33-32-,37-34-,43-41-. The van der Waals surface area contributed by atoms with E-state index < -0.39 is 26.5 Å². The number of hydrogen-bond donors (Lipinski definition) is 1. The van der Waals surface area contributed by atoms with Crippen LogP contribution < -0.4 is 0 Å². The van der Waals surface area contributed by atoms with Crippen LogP contribution in [-0.2, 0) is 32.7 Å². The molecule has 0 rings (SSSR count). The summed E-state index contributed by atoms with van der Waals surface area (Å²) in [6, 6.07) is 0. The van der Waals surface area contributed by atoms with Gasteiger partial charge in [-0.2, -0.15) is 0 Å². The fourth-order valence-corrected chi connectivity index (χ4v) is 8.37. The Bertz CT molecular complexity index is 1740. The number of carbonyl (C=O) groups excluding carboxylic acids is 2. The molecule has 0 saturated heterocycles. The molecule has 0 radical (unpaired) electrons. The number of phosphoric acid groups is 1. The third-order valence-electron chi connectivity index (χ3n) is 12.2. The first-order valence-electron chi connectivity index (χ1n) is 29.9. The minimum atomic E-state index is -4.40. The fraction of sp³-hybridized carbons (Fsp3) is 0.636. The van der Waals surface area contributed by atoms with Crippen LogP contribution in [0.1, 0.15) is 219 Å². The number of rotatable bonds is 53. The number of hydrogen-bond acceptors (Lipinski definition) is 7. The largest absolute Gasteiger partial charge is 0.472 e. The van der Waals surface area contributed by atoms with Gasteiger partial charge in [-0.05, 0) is 109 Å². The van der Waals surface area contributed by atoms with E-state index in [4.69, 9.17) is 18.5 Å². The molecule has 432 valence electrons. The van der Waals surface area contributed by atoms with Crippen LogP contribution in [0, 0.1) is 0 Å². The molecule has 0 amide bonds. The molecule has 0 saturated carbocycles. The molecule has 0 spiro atoms. The van der Waals surface area contributed by atoms with Crippen molar-refractivity contribution < 1.29 is 42.1 Å². The normalized spacial score (nSPS) is 14.2. The van der Waals surface area contributed by atoms with E-state index in [-0.39, 0.29) is 32.0 Å². The topological polar surface area (TPSA) is 108 Å².